The SMILES string of the molecule is Cc1nnn(CC(=O)c2ccc(Cl)cc2)n1. The number of halogens is 1. The van der Waals surface area contributed by atoms with E-state index in [1.807, 2.05) is 0 Å². The first kappa shape index (κ1) is 10.8. The van der Waals surface area contributed by atoms with Crippen LogP contribution >= 0.6 is 11.6 Å². The van der Waals surface area contributed by atoms with Crippen molar-refractivity contribution in [1.29, 1.82) is 0 Å². The number of nitrogens with zero attached hydrogens (tertiary/aromatic N) is 4. The molecule has 0 bridgehead atoms. The van der Waals surface area contributed by atoms with Crippen LogP contribution in [0.3, 0.4) is 0 Å². The quantitative estimate of drug-likeness (QED) is 0.758. The van der Waals surface area contributed by atoms with Crippen LogP contribution in [0.15, 0.2) is 24.3 Å². The van der Waals surface area contributed by atoms with Gasteiger partial charge < -0.3 is 0 Å². The summed E-state index contributed by atoms with van der Waals surface area (Å²) in [5.74, 6) is 0.470. The molecule has 0 amide bonds. The zero-order valence-corrected chi connectivity index (χ0v) is 9.35. The Bertz CT molecular complexity index is 506. The van der Waals surface area contributed by atoms with Crippen LogP contribution in [-0.4, -0.2) is 26.0 Å². The van der Waals surface area contributed by atoms with E-state index in [0.717, 1.165) is 0 Å². The molecule has 0 saturated carbocycles. The third kappa shape index (κ3) is 2.43. The fraction of sp³-hybridized carbons (Fsp3) is 0.200. The summed E-state index contributed by atoms with van der Waals surface area (Å²) < 4.78 is 0. The molecule has 0 unspecified atom stereocenters. The number of tetrazole rings is 1. The molecule has 6 heteroatoms. The standard InChI is InChI=1S/C10H9ClN4O/c1-7-12-14-15(13-7)6-10(16)8-2-4-9(11)5-3-8/h2-5H,6H2,1H3. The van der Waals surface area contributed by atoms with Crippen LogP contribution in [0.5, 0.6) is 0 Å². The van der Waals surface area contributed by atoms with Crippen molar-refractivity contribution in [3.63, 3.8) is 0 Å². The van der Waals surface area contributed by atoms with Crippen molar-refractivity contribution in [1.82, 2.24) is 20.2 Å². The van der Waals surface area contributed by atoms with Crippen LogP contribution in [0.4, 0.5) is 0 Å². The lowest BCUT2D eigenvalue weighted by Crippen LogP contribution is -2.13. The van der Waals surface area contributed by atoms with Crippen molar-refractivity contribution in [2.24, 2.45) is 0 Å². The van der Waals surface area contributed by atoms with Gasteiger partial charge in [0, 0.05) is 10.6 Å². The van der Waals surface area contributed by atoms with Crippen LogP contribution in [0.25, 0.3) is 0 Å². The average Bonchev–Trinajstić information content (AvgIpc) is 2.65. The lowest BCUT2D eigenvalue weighted by atomic mass is 10.1. The fourth-order valence-electron chi connectivity index (χ4n) is 1.25. The Morgan fingerprint density at radius 1 is 1.38 bits per heavy atom. The molecule has 2 aromatic rings. The molecule has 0 atom stereocenters. The van der Waals surface area contributed by atoms with Crippen LogP contribution in [0, 0.1) is 6.92 Å². The largest absolute Gasteiger partial charge is 0.292 e. The molecular weight excluding hydrogens is 228 g/mol. The minimum atomic E-state index is -0.0749. The number of hydrogen-bond donors (Lipinski definition) is 0. The zero-order chi connectivity index (χ0) is 11.5. The second-order valence-corrected chi connectivity index (χ2v) is 3.73. The van der Waals surface area contributed by atoms with Crippen molar-refractivity contribution in [3.8, 4) is 0 Å². The highest BCUT2D eigenvalue weighted by Gasteiger charge is 2.08. The monoisotopic (exact) mass is 236 g/mol. The molecule has 5 nitrogen and oxygen atoms in total. The Hall–Kier alpha value is -1.75. The predicted molar refractivity (Wildman–Crippen MR) is 58.3 cm³/mol. The van der Waals surface area contributed by atoms with Gasteiger partial charge >= 0.3 is 0 Å². The lowest BCUT2D eigenvalue weighted by molar-refractivity contribution is 0.0961. The van der Waals surface area contributed by atoms with Gasteiger partial charge in [0.05, 0.1) is 0 Å². The van der Waals surface area contributed by atoms with Crippen LogP contribution in [0.1, 0.15) is 16.2 Å². The summed E-state index contributed by atoms with van der Waals surface area (Å²) in [6.45, 7) is 1.80. The number of aromatic nitrogens is 4. The maximum atomic E-state index is 11.8. The molecule has 0 saturated heterocycles. The molecule has 2 rings (SSSR count). The van der Waals surface area contributed by atoms with Gasteiger partial charge in [-0.05, 0) is 36.4 Å². The van der Waals surface area contributed by atoms with Crippen molar-refractivity contribution >= 4 is 17.4 Å². The molecule has 1 aromatic carbocycles. The number of Topliss-reactive ketones (excluding diaryl/α,β-unsaturated/α-hetero) is 1. The van der Waals surface area contributed by atoms with E-state index in [9.17, 15) is 4.79 Å². The van der Waals surface area contributed by atoms with E-state index >= 15 is 0 Å². The van der Waals surface area contributed by atoms with Crippen LogP contribution in [-0.2, 0) is 6.54 Å². The van der Waals surface area contributed by atoms with Crippen LogP contribution in [0.2, 0.25) is 5.02 Å². The number of ketones is 1. The van der Waals surface area contributed by atoms with Crippen molar-refractivity contribution in [2.45, 2.75) is 13.5 Å². The van der Waals surface area contributed by atoms with Gasteiger partial charge in [-0.2, -0.15) is 4.80 Å². The first-order valence-electron chi connectivity index (χ1n) is 4.68. The second-order valence-electron chi connectivity index (χ2n) is 3.30. The third-order valence-corrected chi connectivity index (χ3v) is 2.26. The molecule has 0 N–H and O–H groups in total. The number of carbonyl (C=O) groups is 1. The topological polar surface area (TPSA) is 60.7 Å². The van der Waals surface area contributed by atoms with E-state index in [2.05, 4.69) is 15.4 Å². The van der Waals surface area contributed by atoms with Gasteiger partial charge in [-0.1, -0.05) is 11.6 Å². The first-order chi connectivity index (χ1) is 7.65. The molecule has 0 fully saturated rings. The highest BCUT2D eigenvalue weighted by Crippen LogP contribution is 2.10. The molecule has 1 aromatic heterocycles. The highest BCUT2D eigenvalue weighted by molar-refractivity contribution is 6.30. The summed E-state index contributed by atoms with van der Waals surface area (Å²) in [7, 11) is 0. The average molecular weight is 237 g/mol. The Kier molecular flexibility index (Phi) is 2.96. The molecule has 16 heavy (non-hydrogen) atoms. The number of rotatable bonds is 3. The lowest BCUT2D eigenvalue weighted by Gasteiger charge is -1.99. The normalized spacial score (nSPS) is 10.4. The first-order valence-corrected chi connectivity index (χ1v) is 5.06. The van der Waals surface area contributed by atoms with E-state index in [1.165, 1.54) is 4.80 Å². The number of carbonyl (C=O) groups excluding carboxylic acids is 1. The summed E-state index contributed by atoms with van der Waals surface area (Å²) >= 11 is 5.73. The molecule has 1 heterocycles. The summed E-state index contributed by atoms with van der Waals surface area (Å²) in [5.41, 5.74) is 0.583. The van der Waals surface area contributed by atoms with Gasteiger partial charge in [0.2, 0.25) is 0 Å². The van der Waals surface area contributed by atoms with E-state index < -0.39 is 0 Å². The number of hydrogen-bond acceptors (Lipinski definition) is 4. The van der Waals surface area contributed by atoms with E-state index in [1.54, 1.807) is 31.2 Å². The van der Waals surface area contributed by atoms with Crippen molar-refractivity contribution < 1.29 is 4.79 Å². The maximum absolute atomic E-state index is 11.8. The molecule has 0 spiro atoms. The minimum absolute atomic E-state index is 0.0749. The van der Waals surface area contributed by atoms with E-state index in [-0.39, 0.29) is 12.3 Å². The van der Waals surface area contributed by atoms with Gasteiger partial charge in [-0.25, -0.2) is 0 Å². The summed E-state index contributed by atoms with van der Waals surface area (Å²) in [4.78, 5) is 13.0. The van der Waals surface area contributed by atoms with Gasteiger partial charge in [0.25, 0.3) is 0 Å². The van der Waals surface area contributed by atoms with Gasteiger partial charge in [-0.15, -0.1) is 10.2 Å². The zero-order valence-electron chi connectivity index (χ0n) is 8.59. The number of benzene rings is 1. The van der Waals surface area contributed by atoms with Crippen LogP contribution < -0.4 is 0 Å². The van der Waals surface area contributed by atoms with Gasteiger partial charge in [0.1, 0.15) is 6.54 Å². The third-order valence-electron chi connectivity index (χ3n) is 2.00. The molecule has 0 radical (unpaired) electrons. The molecule has 0 aliphatic rings. The highest BCUT2D eigenvalue weighted by atomic mass is 35.5. The fourth-order valence-corrected chi connectivity index (χ4v) is 1.37. The predicted octanol–water partition coefficient (Wildman–Crippen LogP) is 1.52. The minimum Gasteiger partial charge on any atom is -0.292 e. The summed E-state index contributed by atoms with van der Waals surface area (Å²) in [6, 6.07) is 6.70. The Balaban J connectivity index is 2.11. The molecule has 82 valence electrons. The number of aryl methyl sites for hydroxylation is 1. The van der Waals surface area contributed by atoms with Gasteiger partial charge in [-0.3, -0.25) is 4.79 Å². The molecule has 0 aliphatic carbocycles. The van der Waals surface area contributed by atoms with Crippen molar-refractivity contribution in [2.75, 3.05) is 0 Å². The Labute approximate surface area is 97.0 Å². The molecule has 0 aliphatic heterocycles. The summed E-state index contributed by atoms with van der Waals surface area (Å²) in [6.07, 6.45) is 0. The van der Waals surface area contributed by atoms with Crippen molar-refractivity contribution in [3.05, 3.63) is 40.7 Å². The summed E-state index contributed by atoms with van der Waals surface area (Å²) in [5, 5.41) is 12.0. The van der Waals surface area contributed by atoms with E-state index in [4.69, 9.17) is 11.6 Å². The molecular formula is C10H9ClN4O. The second kappa shape index (κ2) is 4.40. The van der Waals surface area contributed by atoms with Gasteiger partial charge in [0.15, 0.2) is 11.6 Å². The Morgan fingerprint density at radius 3 is 2.62 bits per heavy atom. The smallest absolute Gasteiger partial charge is 0.186 e. The Morgan fingerprint density at radius 2 is 2.06 bits per heavy atom. The maximum Gasteiger partial charge on any atom is 0.186 e. The van der Waals surface area contributed by atoms with E-state index in [0.29, 0.717) is 16.4 Å².